The molecule has 1 aromatic carbocycles. The Labute approximate surface area is 186 Å². The Kier molecular flexibility index (Phi) is 7.93. The molecule has 4 unspecified atom stereocenters. The molecule has 7 heteroatoms. The minimum absolute atomic E-state index is 0.0317. The van der Waals surface area contributed by atoms with Crippen LogP contribution in [0.2, 0.25) is 0 Å². The molecule has 31 heavy (non-hydrogen) atoms. The van der Waals surface area contributed by atoms with Gasteiger partial charge in [-0.1, -0.05) is 50.1 Å². The standard InChI is InChI=1S/C24H37N5O2/c1-17-10-8-9-13-20(17)27-24(26-16-22(31)28(2)3)25-15-19-14-21(30)29(4)23(19)18-11-6-5-7-12-18/h5-7,11-12,17,19-20,23H,8-10,13-16H2,1-4H3,(H2,25,26,27). The summed E-state index contributed by atoms with van der Waals surface area (Å²) in [5, 5.41) is 7.02. The maximum atomic E-state index is 12.5. The molecule has 1 saturated carbocycles. The molecule has 0 spiro atoms. The summed E-state index contributed by atoms with van der Waals surface area (Å²) in [6.45, 7) is 3.00. The lowest BCUT2D eigenvalue weighted by Gasteiger charge is -2.31. The summed E-state index contributed by atoms with van der Waals surface area (Å²) < 4.78 is 0. The summed E-state index contributed by atoms with van der Waals surface area (Å²) in [5.74, 6) is 1.51. The van der Waals surface area contributed by atoms with Gasteiger partial charge < -0.3 is 20.4 Å². The number of carbonyl (C=O) groups is 2. The third-order valence-electron chi connectivity index (χ3n) is 6.67. The molecule has 0 bridgehead atoms. The van der Waals surface area contributed by atoms with Crippen molar-refractivity contribution in [1.29, 1.82) is 0 Å². The zero-order valence-electron chi connectivity index (χ0n) is 19.3. The molecule has 2 N–H and O–H groups in total. The van der Waals surface area contributed by atoms with Gasteiger partial charge in [0.05, 0.1) is 6.04 Å². The van der Waals surface area contributed by atoms with Crippen LogP contribution in [-0.4, -0.2) is 67.8 Å². The zero-order chi connectivity index (χ0) is 22.4. The first kappa shape index (κ1) is 23.1. The minimum Gasteiger partial charge on any atom is -0.356 e. The van der Waals surface area contributed by atoms with E-state index in [0.717, 1.165) is 12.0 Å². The summed E-state index contributed by atoms with van der Waals surface area (Å²) in [4.78, 5) is 32.5. The molecule has 4 atom stereocenters. The van der Waals surface area contributed by atoms with Gasteiger partial charge in [-0.15, -0.1) is 0 Å². The van der Waals surface area contributed by atoms with Crippen molar-refractivity contribution in [2.45, 2.75) is 51.1 Å². The van der Waals surface area contributed by atoms with Gasteiger partial charge in [-0.2, -0.15) is 0 Å². The summed E-state index contributed by atoms with van der Waals surface area (Å²) in [5.41, 5.74) is 1.15. The van der Waals surface area contributed by atoms with Gasteiger partial charge in [0.2, 0.25) is 11.8 Å². The van der Waals surface area contributed by atoms with Crippen molar-refractivity contribution >= 4 is 17.8 Å². The van der Waals surface area contributed by atoms with Crippen LogP contribution in [0.3, 0.4) is 0 Å². The van der Waals surface area contributed by atoms with E-state index >= 15 is 0 Å². The molecular formula is C24H37N5O2. The van der Waals surface area contributed by atoms with Crippen molar-refractivity contribution in [3.8, 4) is 0 Å². The van der Waals surface area contributed by atoms with E-state index in [9.17, 15) is 9.59 Å². The van der Waals surface area contributed by atoms with E-state index in [1.165, 1.54) is 19.3 Å². The molecule has 2 aliphatic rings. The molecule has 1 aliphatic heterocycles. The molecule has 3 rings (SSSR count). The fourth-order valence-electron chi connectivity index (χ4n) is 4.66. The van der Waals surface area contributed by atoms with Crippen LogP contribution >= 0.6 is 0 Å². The number of carbonyl (C=O) groups excluding carboxylic acids is 2. The number of nitrogens with one attached hydrogen (secondary N) is 2. The van der Waals surface area contributed by atoms with Gasteiger partial charge in [0.25, 0.3) is 0 Å². The highest BCUT2D eigenvalue weighted by Crippen LogP contribution is 2.36. The number of likely N-dealkylation sites (N-methyl/N-ethyl adjacent to an activating group) is 1. The van der Waals surface area contributed by atoms with E-state index in [1.807, 2.05) is 30.1 Å². The molecule has 0 radical (unpaired) electrons. The van der Waals surface area contributed by atoms with Crippen molar-refractivity contribution in [3.63, 3.8) is 0 Å². The van der Waals surface area contributed by atoms with Crippen molar-refractivity contribution < 1.29 is 9.59 Å². The third kappa shape index (κ3) is 5.99. The lowest BCUT2D eigenvalue weighted by atomic mass is 9.86. The number of guanidine groups is 1. The molecular weight excluding hydrogens is 390 g/mol. The second kappa shape index (κ2) is 10.6. The highest BCUT2D eigenvalue weighted by molar-refractivity contribution is 5.85. The number of likely N-dealkylation sites (tertiary alicyclic amines) is 1. The first-order valence-electron chi connectivity index (χ1n) is 11.4. The number of aliphatic imine (C=N–C) groups is 1. The Morgan fingerprint density at radius 2 is 1.90 bits per heavy atom. The van der Waals surface area contributed by atoms with E-state index in [4.69, 9.17) is 0 Å². The first-order valence-corrected chi connectivity index (χ1v) is 11.4. The summed E-state index contributed by atoms with van der Waals surface area (Å²) in [7, 11) is 5.37. The maximum Gasteiger partial charge on any atom is 0.243 e. The molecule has 1 saturated heterocycles. The van der Waals surface area contributed by atoms with Gasteiger partial charge in [-0.05, 0) is 24.3 Å². The van der Waals surface area contributed by atoms with Crippen molar-refractivity contribution in [2.75, 3.05) is 34.2 Å². The largest absolute Gasteiger partial charge is 0.356 e. The number of nitrogens with zero attached hydrogens (tertiary/aromatic N) is 3. The predicted octanol–water partition coefficient (Wildman–Crippen LogP) is 2.41. The van der Waals surface area contributed by atoms with Crippen LogP contribution in [0, 0.1) is 11.8 Å². The van der Waals surface area contributed by atoms with Gasteiger partial charge in [-0.3, -0.25) is 9.59 Å². The molecule has 1 aliphatic carbocycles. The molecule has 2 amide bonds. The monoisotopic (exact) mass is 427 g/mol. The quantitative estimate of drug-likeness (QED) is 0.540. The highest BCUT2D eigenvalue weighted by Gasteiger charge is 2.38. The van der Waals surface area contributed by atoms with E-state index in [2.05, 4.69) is 34.7 Å². The molecule has 170 valence electrons. The lowest BCUT2D eigenvalue weighted by molar-refractivity contribution is -0.128. The molecule has 0 aromatic heterocycles. The second-order valence-corrected chi connectivity index (χ2v) is 9.17. The second-order valence-electron chi connectivity index (χ2n) is 9.17. The molecule has 7 nitrogen and oxygen atoms in total. The number of rotatable bonds is 6. The first-order chi connectivity index (χ1) is 14.9. The normalized spacial score (nSPS) is 26.6. The summed E-state index contributed by atoms with van der Waals surface area (Å²) in [6.07, 6.45) is 5.31. The number of benzene rings is 1. The van der Waals surface area contributed by atoms with Crippen molar-refractivity contribution in [1.82, 2.24) is 20.4 Å². The van der Waals surface area contributed by atoms with Crippen LogP contribution in [-0.2, 0) is 9.59 Å². The number of hydrogen-bond donors (Lipinski definition) is 2. The van der Waals surface area contributed by atoms with Gasteiger partial charge >= 0.3 is 0 Å². The predicted molar refractivity (Wildman–Crippen MR) is 124 cm³/mol. The molecule has 2 fully saturated rings. The van der Waals surface area contributed by atoms with Crippen LogP contribution in [0.15, 0.2) is 35.3 Å². The number of hydrogen-bond acceptors (Lipinski definition) is 3. The zero-order valence-corrected chi connectivity index (χ0v) is 19.3. The van der Waals surface area contributed by atoms with Gasteiger partial charge in [0.15, 0.2) is 5.96 Å². The van der Waals surface area contributed by atoms with Gasteiger partial charge in [0.1, 0.15) is 6.54 Å². The van der Waals surface area contributed by atoms with E-state index in [-0.39, 0.29) is 30.3 Å². The van der Waals surface area contributed by atoms with Crippen LogP contribution in [0.25, 0.3) is 0 Å². The van der Waals surface area contributed by atoms with Gasteiger partial charge in [-0.25, -0.2) is 4.99 Å². The average molecular weight is 428 g/mol. The van der Waals surface area contributed by atoms with E-state index < -0.39 is 0 Å². The summed E-state index contributed by atoms with van der Waals surface area (Å²) in [6, 6.07) is 10.6. The summed E-state index contributed by atoms with van der Waals surface area (Å²) >= 11 is 0. The number of amides is 2. The molecule has 1 heterocycles. The van der Waals surface area contributed by atoms with Crippen molar-refractivity contribution in [3.05, 3.63) is 35.9 Å². The minimum atomic E-state index is -0.0317. The van der Waals surface area contributed by atoms with Crippen LogP contribution < -0.4 is 10.6 Å². The fourth-order valence-corrected chi connectivity index (χ4v) is 4.66. The Morgan fingerprint density at radius 3 is 2.58 bits per heavy atom. The van der Waals surface area contributed by atoms with Crippen molar-refractivity contribution in [2.24, 2.45) is 16.8 Å². The maximum absolute atomic E-state index is 12.5. The third-order valence-corrected chi connectivity index (χ3v) is 6.67. The Bertz CT molecular complexity index is 779. The van der Waals surface area contributed by atoms with E-state index in [1.54, 1.807) is 19.0 Å². The van der Waals surface area contributed by atoms with Crippen LogP contribution in [0.5, 0.6) is 0 Å². The Hall–Kier alpha value is -2.57. The Balaban J connectivity index is 1.71. The van der Waals surface area contributed by atoms with Crippen LogP contribution in [0.4, 0.5) is 0 Å². The average Bonchev–Trinajstić information content (AvgIpc) is 3.05. The Morgan fingerprint density at radius 1 is 1.19 bits per heavy atom. The fraction of sp³-hybridized carbons (Fsp3) is 0.625. The topological polar surface area (TPSA) is 77.0 Å². The smallest absolute Gasteiger partial charge is 0.243 e. The van der Waals surface area contributed by atoms with Gasteiger partial charge in [0, 0.05) is 46.1 Å². The van der Waals surface area contributed by atoms with E-state index in [0.29, 0.717) is 30.9 Å². The van der Waals surface area contributed by atoms with Crippen LogP contribution in [0.1, 0.15) is 50.6 Å². The molecule has 1 aromatic rings. The highest BCUT2D eigenvalue weighted by atomic mass is 16.2. The lowest BCUT2D eigenvalue weighted by Crippen LogP contribution is -2.48. The SMILES string of the molecule is CC1CCCCC1NC(=NCC(=O)N(C)C)NCC1CC(=O)N(C)C1c1ccccc1.